The molecular formula is C30H33N3O5S. The summed E-state index contributed by atoms with van der Waals surface area (Å²) in [4.78, 5) is 32.7. The first-order chi connectivity index (χ1) is 19.0. The number of carbonyl (C=O) groups excluding carboxylic acids is 2. The lowest BCUT2D eigenvalue weighted by Crippen LogP contribution is -2.38. The van der Waals surface area contributed by atoms with Gasteiger partial charge in [0.05, 0.1) is 38.0 Å². The van der Waals surface area contributed by atoms with Crippen molar-refractivity contribution >= 4 is 28.8 Å². The number of nitrogens with zero attached hydrogens (tertiary/aromatic N) is 2. The van der Waals surface area contributed by atoms with Crippen molar-refractivity contribution in [1.29, 1.82) is 0 Å². The van der Waals surface area contributed by atoms with Gasteiger partial charge in [-0.15, -0.1) is 0 Å². The molecule has 2 aliphatic heterocycles. The number of carbonyl (C=O) groups is 2. The molecule has 8 nitrogen and oxygen atoms in total. The van der Waals surface area contributed by atoms with Gasteiger partial charge in [0.2, 0.25) is 5.91 Å². The number of hydrogen-bond donors (Lipinski definition) is 1. The minimum atomic E-state index is -0.533. The lowest BCUT2D eigenvalue weighted by atomic mass is 9.92. The topological polar surface area (TPSA) is 89.5 Å². The zero-order valence-electron chi connectivity index (χ0n) is 22.4. The van der Waals surface area contributed by atoms with Crippen LogP contribution >= 0.6 is 11.8 Å². The maximum Gasteiger partial charge on any atom is 0.338 e. The second-order valence-electron chi connectivity index (χ2n) is 9.71. The standard InChI is InChI=1S/C30H33N3O5S/c1-4-23-27(29(35)37-3)28(33-22(18-39-30(33)32-23)15-26(34)31-16-19-10-11-19)21-12-13-24(25(14-21)36-2)38-17-20-8-6-5-7-9-20/h5-9,12-14,18-19,28H,4,10-11,15-17H2,1-3H3,(H,31,34)/t28-/m0/s1. The molecule has 0 radical (unpaired) electrons. The van der Waals surface area contributed by atoms with Crippen LogP contribution in [0.2, 0.25) is 0 Å². The zero-order chi connectivity index (χ0) is 27.4. The Labute approximate surface area is 233 Å². The highest BCUT2D eigenvalue weighted by Crippen LogP contribution is 2.46. The van der Waals surface area contributed by atoms with Crippen LogP contribution in [0.4, 0.5) is 0 Å². The highest BCUT2D eigenvalue weighted by Gasteiger charge is 2.41. The van der Waals surface area contributed by atoms with E-state index in [-0.39, 0.29) is 12.3 Å². The number of aliphatic imine (C=N–C) groups is 1. The molecule has 1 fully saturated rings. The number of rotatable bonds is 11. The molecule has 2 aromatic rings. The van der Waals surface area contributed by atoms with Gasteiger partial charge >= 0.3 is 5.97 Å². The number of amides is 1. The molecule has 1 atom stereocenters. The number of amidine groups is 1. The van der Waals surface area contributed by atoms with Crippen LogP contribution in [-0.4, -0.2) is 42.7 Å². The fourth-order valence-electron chi connectivity index (χ4n) is 4.74. The Bertz CT molecular complexity index is 1330. The van der Waals surface area contributed by atoms with Gasteiger partial charge in [-0.3, -0.25) is 4.79 Å². The minimum Gasteiger partial charge on any atom is -0.493 e. The molecule has 0 unspecified atom stereocenters. The Balaban J connectivity index is 1.47. The smallest absolute Gasteiger partial charge is 0.338 e. The Morgan fingerprint density at radius 1 is 1.10 bits per heavy atom. The number of ether oxygens (including phenoxy) is 3. The van der Waals surface area contributed by atoms with Crippen molar-refractivity contribution in [2.24, 2.45) is 10.9 Å². The van der Waals surface area contributed by atoms with E-state index in [9.17, 15) is 9.59 Å². The molecule has 1 amide bonds. The summed E-state index contributed by atoms with van der Waals surface area (Å²) in [6.45, 7) is 3.07. The van der Waals surface area contributed by atoms with Crippen molar-refractivity contribution in [3.05, 3.63) is 82.0 Å². The normalized spacial score (nSPS) is 18.2. The molecule has 39 heavy (non-hydrogen) atoms. The molecule has 3 aliphatic rings. The van der Waals surface area contributed by atoms with Gasteiger partial charge in [0.1, 0.15) is 6.61 Å². The molecule has 0 aromatic heterocycles. The first kappa shape index (κ1) is 26.9. The number of allylic oxidation sites excluding steroid dienone is 1. The van der Waals surface area contributed by atoms with E-state index in [0.29, 0.717) is 48.3 Å². The summed E-state index contributed by atoms with van der Waals surface area (Å²) in [5.74, 6) is 1.25. The molecule has 0 spiro atoms. The molecule has 9 heteroatoms. The number of hydrogen-bond acceptors (Lipinski definition) is 8. The molecular weight excluding hydrogens is 514 g/mol. The minimum absolute atomic E-state index is 0.0409. The monoisotopic (exact) mass is 547 g/mol. The fraction of sp³-hybridized carbons (Fsp3) is 0.367. The van der Waals surface area contributed by atoms with E-state index in [2.05, 4.69) is 5.32 Å². The van der Waals surface area contributed by atoms with Crippen molar-refractivity contribution in [1.82, 2.24) is 10.2 Å². The number of esters is 1. The van der Waals surface area contributed by atoms with Crippen molar-refractivity contribution in [3.8, 4) is 11.5 Å². The van der Waals surface area contributed by atoms with Crippen LogP contribution in [0.5, 0.6) is 11.5 Å². The van der Waals surface area contributed by atoms with E-state index in [1.807, 2.05) is 65.8 Å². The summed E-state index contributed by atoms with van der Waals surface area (Å²) in [5, 5.41) is 5.73. The van der Waals surface area contributed by atoms with Gasteiger partial charge in [-0.25, -0.2) is 9.79 Å². The van der Waals surface area contributed by atoms with Gasteiger partial charge in [0.15, 0.2) is 16.7 Å². The molecule has 5 rings (SSSR count). The van der Waals surface area contributed by atoms with Gasteiger partial charge in [0.25, 0.3) is 0 Å². The van der Waals surface area contributed by atoms with Gasteiger partial charge in [-0.05, 0) is 53.8 Å². The lowest BCUT2D eigenvalue weighted by Gasteiger charge is -2.36. The molecule has 0 saturated heterocycles. The van der Waals surface area contributed by atoms with Crippen LogP contribution < -0.4 is 14.8 Å². The molecule has 1 N–H and O–H groups in total. The Morgan fingerprint density at radius 2 is 1.90 bits per heavy atom. The van der Waals surface area contributed by atoms with Crippen LogP contribution in [0.3, 0.4) is 0 Å². The molecule has 204 valence electrons. The third-order valence-electron chi connectivity index (χ3n) is 7.00. The molecule has 1 aliphatic carbocycles. The number of nitrogens with one attached hydrogen (secondary N) is 1. The van der Waals surface area contributed by atoms with E-state index >= 15 is 0 Å². The fourth-order valence-corrected chi connectivity index (χ4v) is 5.68. The summed E-state index contributed by atoms with van der Waals surface area (Å²) in [6.07, 6.45) is 3.10. The Kier molecular flexibility index (Phi) is 8.26. The highest BCUT2D eigenvalue weighted by molar-refractivity contribution is 8.16. The van der Waals surface area contributed by atoms with Gasteiger partial charge in [-0.2, -0.15) is 0 Å². The molecule has 0 bridgehead atoms. The second kappa shape index (κ2) is 12.0. The summed E-state index contributed by atoms with van der Waals surface area (Å²) < 4.78 is 17.0. The van der Waals surface area contributed by atoms with E-state index in [1.54, 1.807) is 7.11 Å². The predicted molar refractivity (Wildman–Crippen MR) is 151 cm³/mol. The zero-order valence-corrected chi connectivity index (χ0v) is 23.3. The first-order valence-corrected chi connectivity index (χ1v) is 14.1. The maximum atomic E-state index is 13.2. The third kappa shape index (κ3) is 5.98. The van der Waals surface area contributed by atoms with Crippen molar-refractivity contribution in [3.63, 3.8) is 0 Å². The Hall–Kier alpha value is -3.72. The average Bonchev–Trinajstić information content (AvgIpc) is 3.73. The largest absolute Gasteiger partial charge is 0.493 e. The highest BCUT2D eigenvalue weighted by atomic mass is 32.2. The van der Waals surface area contributed by atoms with Crippen LogP contribution in [0, 0.1) is 5.92 Å². The SMILES string of the molecule is CCC1=C(C(=O)OC)[C@H](c2ccc(OCc3ccccc3)c(OC)c2)N2C(CC(=O)NCC3CC3)=CSC2=N1. The number of fused-ring (bicyclic) bond motifs is 1. The average molecular weight is 548 g/mol. The summed E-state index contributed by atoms with van der Waals surface area (Å²) in [6, 6.07) is 15.1. The van der Waals surface area contributed by atoms with Crippen molar-refractivity contribution in [2.45, 2.75) is 45.3 Å². The Morgan fingerprint density at radius 3 is 2.59 bits per heavy atom. The van der Waals surface area contributed by atoms with E-state index in [0.717, 1.165) is 22.0 Å². The van der Waals surface area contributed by atoms with Gasteiger partial charge < -0.3 is 24.4 Å². The summed E-state index contributed by atoms with van der Waals surface area (Å²) in [7, 11) is 2.97. The quantitative estimate of drug-likeness (QED) is 0.381. The van der Waals surface area contributed by atoms with Crippen molar-refractivity contribution < 1.29 is 23.8 Å². The van der Waals surface area contributed by atoms with Crippen LogP contribution in [0.15, 0.2) is 75.9 Å². The van der Waals surface area contributed by atoms with Gasteiger partial charge in [-0.1, -0.05) is 55.1 Å². The number of methoxy groups -OCH3 is 2. The van der Waals surface area contributed by atoms with E-state index in [1.165, 1.54) is 31.7 Å². The van der Waals surface area contributed by atoms with Crippen LogP contribution in [0.25, 0.3) is 0 Å². The third-order valence-corrected chi connectivity index (χ3v) is 7.89. The lowest BCUT2D eigenvalue weighted by molar-refractivity contribution is -0.136. The number of thioether (sulfide) groups is 1. The first-order valence-electron chi connectivity index (χ1n) is 13.2. The number of benzene rings is 2. The predicted octanol–water partition coefficient (Wildman–Crippen LogP) is 5.33. The molecule has 2 heterocycles. The maximum absolute atomic E-state index is 13.2. The van der Waals surface area contributed by atoms with Crippen LogP contribution in [0.1, 0.15) is 49.8 Å². The van der Waals surface area contributed by atoms with E-state index < -0.39 is 12.0 Å². The summed E-state index contributed by atoms with van der Waals surface area (Å²) in [5.41, 5.74) is 3.77. The molecule has 1 saturated carbocycles. The van der Waals surface area contributed by atoms with Crippen LogP contribution in [-0.2, 0) is 20.9 Å². The molecule has 2 aromatic carbocycles. The van der Waals surface area contributed by atoms with E-state index in [4.69, 9.17) is 19.2 Å². The second-order valence-corrected chi connectivity index (χ2v) is 10.5. The van der Waals surface area contributed by atoms with Gasteiger partial charge in [0, 0.05) is 12.2 Å². The van der Waals surface area contributed by atoms with Crippen molar-refractivity contribution in [2.75, 3.05) is 20.8 Å². The summed E-state index contributed by atoms with van der Waals surface area (Å²) >= 11 is 1.46.